The summed E-state index contributed by atoms with van der Waals surface area (Å²) in [5.74, 6) is -0.606. The Morgan fingerprint density at radius 1 is 1.28 bits per heavy atom. The number of ketones is 1. The van der Waals surface area contributed by atoms with Gasteiger partial charge in [-0.15, -0.1) is 0 Å². The molecule has 0 spiro atoms. The first-order valence-corrected chi connectivity index (χ1v) is 8.63. The van der Waals surface area contributed by atoms with E-state index in [0.717, 1.165) is 38.0 Å². The molecule has 128 valence electrons. The molecule has 3 aliphatic heterocycles. The highest BCUT2D eigenvalue weighted by Gasteiger charge is 2.36. The SMILES string of the molecule is Cn1cc(C(=O)C(=O)NC2CN3CCC2CC3)c2cc(C#N)ccc21. The fourth-order valence-electron chi connectivity index (χ4n) is 4.13. The van der Waals surface area contributed by atoms with E-state index in [0.29, 0.717) is 22.4 Å². The van der Waals surface area contributed by atoms with Crippen LogP contribution in [0.1, 0.15) is 28.8 Å². The quantitative estimate of drug-likeness (QED) is 0.680. The number of carbonyl (C=O) groups excluding carboxylic acids is 2. The first kappa shape index (κ1) is 15.9. The minimum atomic E-state index is -0.548. The summed E-state index contributed by atoms with van der Waals surface area (Å²) < 4.78 is 1.81. The second-order valence-electron chi connectivity index (χ2n) is 7.04. The molecular formula is C19H20N4O2. The molecule has 1 atom stereocenters. The molecule has 1 aromatic heterocycles. The predicted octanol–water partition coefficient (Wildman–Crippen LogP) is 1.44. The maximum absolute atomic E-state index is 12.7. The van der Waals surface area contributed by atoms with Crippen molar-refractivity contribution in [2.24, 2.45) is 13.0 Å². The molecule has 1 unspecified atom stereocenters. The fraction of sp³-hybridized carbons (Fsp3) is 0.421. The molecule has 1 amide bonds. The summed E-state index contributed by atoms with van der Waals surface area (Å²) in [5, 5.41) is 12.7. The molecule has 6 nitrogen and oxygen atoms in total. The Kier molecular flexibility index (Phi) is 3.81. The summed E-state index contributed by atoms with van der Waals surface area (Å²) >= 11 is 0. The van der Waals surface area contributed by atoms with Gasteiger partial charge in [0.2, 0.25) is 0 Å². The first-order chi connectivity index (χ1) is 12.1. The Bertz CT molecular complexity index is 900. The molecule has 3 saturated heterocycles. The zero-order valence-corrected chi connectivity index (χ0v) is 14.2. The van der Waals surface area contributed by atoms with Gasteiger partial charge < -0.3 is 14.8 Å². The van der Waals surface area contributed by atoms with Gasteiger partial charge in [0.05, 0.1) is 17.2 Å². The van der Waals surface area contributed by atoms with Crippen LogP contribution in [-0.4, -0.2) is 46.8 Å². The van der Waals surface area contributed by atoms with Crippen LogP contribution in [0, 0.1) is 17.2 Å². The summed E-state index contributed by atoms with van der Waals surface area (Å²) in [6.07, 6.45) is 3.84. The van der Waals surface area contributed by atoms with E-state index in [1.807, 2.05) is 11.6 Å². The third-order valence-corrected chi connectivity index (χ3v) is 5.54. The van der Waals surface area contributed by atoms with E-state index < -0.39 is 11.7 Å². The zero-order valence-electron chi connectivity index (χ0n) is 14.2. The highest BCUT2D eigenvalue weighted by molar-refractivity contribution is 6.45. The second kappa shape index (κ2) is 6.01. The van der Waals surface area contributed by atoms with Crippen LogP contribution in [-0.2, 0) is 11.8 Å². The largest absolute Gasteiger partial charge is 0.350 e. The number of aromatic nitrogens is 1. The molecule has 1 N–H and O–H groups in total. The molecule has 6 heteroatoms. The van der Waals surface area contributed by atoms with Crippen LogP contribution in [0.25, 0.3) is 10.9 Å². The van der Waals surface area contributed by atoms with Gasteiger partial charge in [0.25, 0.3) is 11.7 Å². The maximum atomic E-state index is 12.7. The van der Waals surface area contributed by atoms with Gasteiger partial charge in [0.15, 0.2) is 0 Å². The number of Topliss-reactive ketones (excluding diaryl/α,β-unsaturated/α-hetero) is 1. The predicted molar refractivity (Wildman–Crippen MR) is 93.1 cm³/mol. The van der Waals surface area contributed by atoms with Gasteiger partial charge in [-0.2, -0.15) is 5.26 Å². The van der Waals surface area contributed by atoms with Gasteiger partial charge in [0.1, 0.15) is 0 Å². The summed E-state index contributed by atoms with van der Waals surface area (Å²) in [6.45, 7) is 3.01. The molecule has 0 radical (unpaired) electrons. The average Bonchev–Trinajstić information content (AvgIpc) is 2.98. The van der Waals surface area contributed by atoms with Crippen molar-refractivity contribution >= 4 is 22.6 Å². The van der Waals surface area contributed by atoms with E-state index in [4.69, 9.17) is 5.26 Å². The van der Waals surface area contributed by atoms with Crippen molar-refractivity contribution in [3.05, 3.63) is 35.5 Å². The molecule has 1 aromatic carbocycles. The number of hydrogen-bond acceptors (Lipinski definition) is 4. The van der Waals surface area contributed by atoms with Gasteiger partial charge in [-0.1, -0.05) is 0 Å². The number of amides is 1. The lowest BCUT2D eigenvalue weighted by Gasteiger charge is -2.44. The Labute approximate surface area is 146 Å². The minimum Gasteiger partial charge on any atom is -0.350 e. The van der Waals surface area contributed by atoms with Gasteiger partial charge in [0, 0.05) is 36.7 Å². The van der Waals surface area contributed by atoms with E-state index in [1.165, 1.54) is 0 Å². The van der Waals surface area contributed by atoms with Crippen molar-refractivity contribution in [3.63, 3.8) is 0 Å². The van der Waals surface area contributed by atoms with E-state index in [2.05, 4.69) is 16.3 Å². The average molecular weight is 336 g/mol. The highest BCUT2D eigenvalue weighted by atomic mass is 16.2. The number of piperidine rings is 3. The van der Waals surface area contributed by atoms with Crippen LogP contribution in [0.3, 0.4) is 0 Å². The van der Waals surface area contributed by atoms with Crippen molar-refractivity contribution in [1.29, 1.82) is 5.26 Å². The molecule has 2 bridgehead atoms. The van der Waals surface area contributed by atoms with E-state index in [9.17, 15) is 9.59 Å². The number of rotatable bonds is 3. The lowest BCUT2D eigenvalue weighted by molar-refractivity contribution is -0.119. The van der Waals surface area contributed by atoms with Crippen LogP contribution in [0.5, 0.6) is 0 Å². The van der Waals surface area contributed by atoms with Crippen molar-refractivity contribution in [2.45, 2.75) is 18.9 Å². The summed E-state index contributed by atoms with van der Waals surface area (Å²) in [7, 11) is 1.83. The minimum absolute atomic E-state index is 0.0589. The van der Waals surface area contributed by atoms with Crippen molar-refractivity contribution in [2.75, 3.05) is 19.6 Å². The van der Waals surface area contributed by atoms with Crippen LogP contribution in [0.4, 0.5) is 0 Å². The van der Waals surface area contributed by atoms with E-state index >= 15 is 0 Å². The topological polar surface area (TPSA) is 78.1 Å². The fourth-order valence-corrected chi connectivity index (χ4v) is 4.13. The lowest BCUT2D eigenvalue weighted by atomic mass is 9.84. The van der Waals surface area contributed by atoms with Crippen molar-refractivity contribution in [1.82, 2.24) is 14.8 Å². The molecule has 5 rings (SSSR count). The Balaban J connectivity index is 1.59. The van der Waals surface area contributed by atoms with Crippen LogP contribution >= 0.6 is 0 Å². The number of hydrogen-bond donors (Lipinski definition) is 1. The van der Waals surface area contributed by atoms with Gasteiger partial charge in [-0.25, -0.2) is 0 Å². The van der Waals surface area contributed by atoms with E-state index in [-0.39, 0.29) is 6.04 Å². The normalized spacial score (nSPS) is 24.9. The summed E-state index contributed by atoms with van der Waals surface area (Å²) in [6, 6.07) is 7.32. The second-order valence-corrected chi connectivity index (χ2v) is 7.04. The molecule has 3 aliphatic rings. The molecule has 2 aromatic rings. The van der Waals surface area contributed by atoms with Crippen LogP contribution in [0.15, 0.2) is 24.4 Å². The molecule has 3 fully saturated rings. The van der Waals surface area contributed by atoms with Crippen LogP contribution in [0.2, 0.25) is 0 Å². The number of aryl methyl sites for hydroxylation is 1. The molecule has 4 heterocycles. The standard InChI is InChI=1S/C19H20N4O2/c1-22-10-15(14-8-12(9-20)2-3-17(14)22)18(24)19(25)21-16-11-23-6-4-13(16)5-7-23/h2-3,8,10,13,16H,4-7,11H2,1H3,(H,21,25). The number of benzene rings is 1. The number of nitrogens with one attached hydrogen (secondary N) is 1. The van der Waals surface area contributed by atoms with Crippen LogP contribution < -0.4 is 5.32 Å². The molecule has 0 aliphatic carbocycles. The van der Waals surface area contributed by atoms with E-state index in [1.54, 1.807) is 24.4 Å². The summed E-state index contributed by atoms with van der Waals surface area (Å²) in [4.78, 5) is 27.6. The Morgan fingerprint density at radius 3 is 2.68 bits per heavy atom. The first-order valence-electron chi connectivity index (χ1n) is 8.63. The number of nitriles is 1. The smallest absolute Gasteiger partial charge is 0.292 e. The molecular weight excluding hydrogens is 316 g/mol. The third-order valence-electron chi connectivity index (χ3n) is 5.54. The van der Waals surface area contributed by atoms with Gasteiger partial charge in [-0.05, 0) is 50.0 Å². The number of carbonyl (C=O) groups is 2. The van der Waals surface area contributed by atoms with Gasteiger partial charge in [-0.3, -0.25) is 9.59 Å². The zero-order chi connectivity index (χ0) is 17.6. The Hall–Kier alpha value is -2.65. The van der Waals surface area contributed by atoms with Gasteiger partial charge >= 0.3 is 0 Å². The summed E-state index contributed by atoms with van der Waals surface area (Å²) in [5.41, 5.74) is 1.66. The maximum Gasteiger partial charge on any atom is 0.292 e. The Morgan fingerprint density at radius 2 is 2.04 bits per heavy atom. The molecule has 0 saturated carbocycles. The lowest BCUT2D eigenvalue weighted by Crippen LogP contribution is -2.58. The van der Waals surface area contributed by atoms with Crippen molar-refractivity contribution < 1.29 is 9.59 Å². The highest BCUT2D eigenvalue weighted by Crippen LogP contribution is 2.28. The van der Waals surface area contributed by atoms with Crippen molar-refractivity contribution in [3.8, 4) is 6.07 Å². The molecule has 25 heavy (non-hydrogen) atoms. The third kappa shape index (κ3) is 2.71. The number of fused-ring (bicyclic) bond motifs is 4. The monoisotopic (exact) mass is 336 g/mol. The number of nitrogens with zero attached hydrogens (tertiary/aromatic N) is 3.